The van der Waals surface area contributed by atoms with Crippen LogP contribution in [-0.2, 0) is 4.79 Å². The van der Waals surface area contributed by atoms with Gasteiger partial charge in [0.15, 0.2) is 5.78 Å². The van der Waals surface area contributed by atoms with E-state index < -0.39 is 0 Å². The Bertz CT molecular complexity index is 377. The van der Waals surface area contributed by atoms with E-state index >= 15 is 0 Å². The molecular formula is C15H22O. The van der Waals surface area contributed by atoms with Gasteiger partial charge >= 0.3 is 0 Å². The van der Waals surface area contributed by atoms with Crippen molar-refractivity contribution in [2.75, 3.05) is 0 Å². The summed E-state index contributed by atoms with van der Waals surface area (Å²) in [6.07, 6.45) is 7.79. The van der Waals surface area contributed by atoms with E-state index in [4.69, 9.17) is 0 Å². The van der Waals surface area contributed by atoms with Crippen LogP contribution in [0.1, 0.15) is 52.9 Å². The molecule has 3 atom stereocenters. The predicted molar refractivity (Wildman–Crippen MR) is 65.0 cm³/mol. The minimum absolute atomic E-state index is 0.366. The van der Waals surface area contributed by atoms with E-state index in [1.54, 1.807) is 0 Å². The minimum Gasteiger partial charge on any atom is -0.295 e. The van der Waals surface area contributed by atoms with Crippen LogP contribution in [0.5, 0.6) is 0 Å². The Labute approximate surface area is 98.3 Å². The Morgan fingerprint density at radius 1 is 1.25 bits per heavy atom. The third-order valence-electron chi connectivity index (χ3n) is 5.21. The lowest BCUT2D eigenvalue weighted by Crippen LogP contribution is -2.22. The number of rotatable bonds is 0. The van der Waals surface area contributed by atoms with Gasteiger partial charge in [0.05, 0.1) is 0 Å². The molecule has 0 N–H and O–H groups in total. The fourth-order valence-corrected chi connectivity index (χ4v) is 4.27. The first-order valence-corrected chi connectivity index (χ1v) is 6.64. The minimum atomic E-state index is 0.366. The molecule has 0 bridgehead atoms. The fraction of sp³-hybridized carbons (Fsp3) is 0.800. The van der Waals surface area contributed by atoms with E-state index in [-0.39, 0.29) is 0 Å². The van der Waals surface area contributed by atoms with Gasteiger partial charge in [0.1, 0.15) is 0 Å². The summed E-state index contributed by atoms with van der Waals surface area (Å²) in [6, 6.07) is 0. The van der Waals surface area contributed by atoms with E-state index in [0.717, 1.165) is 31.1 Å². The summed E-state index contributed by atoms with van der Waals surface area (Å²) in [7, 11) is 0. The van der Waals surface area contributed by atoms with Gasteiger partial charge in [0.25, 0.3) is 0 Å². The number of hydrogen-bond donors (Lipinski definition) is 0. The van der Waals surface area contributed by atoms with Crippen molar-refractivity contribution < 1.29 is 4.79 Å². The van der Waals surface area contributed by atoms with Gasteiger partial charge in [0.2, 0.25) is 0 Å². The van der Waals surface area contributed by atoms with E-state index in [0.29, 0.717) is 16.6 Å². The molecule has 1 heteroatoms. The second kappa shape index (κ2) is 3.00. The van der Waals surface area contributed by atoms with E-state index in [1.807, 2.05) is 6.08 Å². The summed E-state index contributed by atoms with van der Waals surface area (Å²) in [4.78, 5) is 11.6. The zero-order valence-corrected chi connectivity index (χ0v) is 10.7. The van der Waals surface area contributed by atoms with Crippen molar-refractivity contribution >= 4 is 5.78 Å². The van der Waals surface area contributed by atoms with Crippen molar-refractivity contribution in [1.29, 1.82) is 0 Å². The first-order chi connectivity index (χ1) is 7.41. The molecule has 2 fully saturated rings. The average molecular weight is 218 g/mol. The molecule has 3 aliphatic rings. The van der Waals surface area contributed by atoms with Crippen molar-refractivity contribution in [3.8, 4) is 0 Å². The standard InChI is InChI=1S/C15H22O/c1-14(2)7-10-6-12(16)4-5-13(10)15(3)9-11(15)8-14/h6,11,13H,4-5,7-9H2,1-3H3/t11-,13+,15+/m0/s1. The Morgan fingerprint density at radius 2 is 2.00 bits per heavy atom. The predicted octanol–water partition coefficient (Wildman–Crippen LogP) is 3.74. The molecule has 0 heterocycles. The molecule has 1 nitrogen and oxygen atoms in total. The third kappa shape index (κ3) is 1.48. The number of hydrogen-bond acceptors (Lipinski definition) is 1. The normalized spacial score (nSPS) is 45.2. The number of carbonyl (C=O) groups is 1. The third-order valence-corrected chi connectivity index (χ3v) is 5.21. The molecule has 88 valence electrons. The lowest BCUT2D eigenvalue weighted by molar-refractivity contribution is -0.115. The lowest BCUT2D eigenvalue weighted by atomic mass is 9.74. The smallest absolute Gasteiger partial charge is 0.155 e. The highest BCUT2D eigenvalue weighted by Crippen LogP contribution is 2.67. The molecule has 0 amide bonds. The van der Waals surface area contributed by atoms with Crippen LogP contribution < -0.4 is 0 Å². The number of allylic oxidation sites excluding steroid dienone is 2. The van der Waals surface area contributed by atoms with Crippen molar-refractivity contribution in [3.63, 3.8) is 0 Å². The topological polar surface area (TPSA) is 17.1 Å². The molecule has 0 aromatic rings. The molecule has 0 spiro atoms. The van der Waals surface area contributed by atoms with Crippen LogP contribution in [-0.4, -0.2) is 5.78 Å². The van der Waals surface area contributed by atoms with Crippen LogP contribution in [0.4, 0.5) is 0 Å². The van der Waals surface area contributed by atoms with Crippen LogP contribution >= 0.6 is 0 Å². The van der Waals surface area contributed by atoms with Gasteiger partial charge in [-0.2, -0.15) is 0 Å². The SMILES string of the molecule is CC1(C)CC2=CC(=O)CC[C@H]2[C@]2(C)C[C@@H]2C1. The summed E-state index contributed by atoms with van der Waals surface area (Å²) in [5.74, 6) is 2.01. The van der Waals surface area contributed by atoms with Crippen LogP contribution in [0.15, 0.2) is 11.6 Å². The maximum Gasteiger partial charge on any atom is 0.155 e. The van der Waals surface area contributed by atoms with E-state index in [9.17, 15) is 4.79 Å². The number of carbonyl (C=O) groups excluding carboxylic acids is 1. The molecule has 2 saturated carbocycles. The Balaban J connectivity index is 2.00. The highest BCUT2D eigenvalue weighted by atomic mass is 16.1. The highest BCUT2D eigenvalue weighted by Gasteiger charge is 2.59. The highest BCUT2D eigenvalue weighted by molar-refractivity contribution is 5.91. The van der Waals surface area contributed by atoms with Crippen molar-refractivity contribution in [2.24, 2.45) is 22.7 Å². The average Bonchev–Trinajstić information content (AvgIpc) is 2.74. The second-order valence-corrected chi connectivity index (χ2v) is 7.23. The van der Waals surface area contributed by atoms with Crippen molar-refractivity contribution in [2.45, 2.75) is 52.9 Å². The quantitative estimate of drug-likeness (QED) is 0.605. The summed E-state index contributed by atoms with van der Waals surface area (Å²) in [5, 5.41) is 0. The molecule has 0 aromatic heterocycles. The maximum absolute atomic E-state index is 11.6. The number of ketones is 1. The van der Waals surface area contributed by atoms with Crippen LogP contribution in [0.25, 0.3) is 0 Å². The lowest BCUT2D eigenvalue weighted by Gasteiger charge is -2.31. The zero-order chi connectivity index (χ0) is 11.6. The van der Waals surface area contributed by atoms with E-state index in [2.05, 4.69) is 20.8 Å². The number of fused-ring (bicyclic) bond motifs is 3. The summed E-state index contributed by atoms with van der Waals surface area (Å²) >= 11 is 0. The Kier molecular flexibility index (Phi) is 1.98. The Morgan fingerprint density at radius 3 is 2.75 bits per heavy atom. The molecule has 0 unspecified atom stereocenters. The van der Waals surface area contributed by atoms with Gasteiger partial charge in [-0.05, 0) is 54.4 Å². The molecule has 0 radical (unpaired) electrons. The van der Waals surface area contributed by atoms with Crippen LogP contribution in [0.2, 0.25) is 0 Å². The van der Waals surface area contributed by atoms with Crippen molar-refractivity contribution in [1.82, 2.24) is 0 Å². The largest absolute Gasteiger partial charge is 0.295 e. The molecule has 16 heavy (non-hydrogen) atoms. The van der Waals surface area contributed by atoms with Crippen LogP contribution in [0.3, 0.4) is 0 Å². The second-order valence-electron chi connectivity index (χ2n) is 7.23. The first kappa shape index (κ1) is 10.6. The molecule has 0 aromatic carbocycles. The summed E-state index contributed by atoms with van der Waals surface area (Å²) < 4.78 is 0. The van der Waals surface area contributed by atoms with Crippen LogP contribution in [0, 0.1) is 22.7 Å². The van der Waals surface area contributed by atoms with Gasteiger partial charge < -0.3 is 0 Å². The molecular weight excluding hydrogens is 196 g/mol. The van der Waals surface area contributed by atoms with Gasteiger partial charge in [-0.25, -0.2) is 0 Å². The van der Waals surface area contributed by atoms with Gasteiger partial charge in [0, 0.05) is 6.42 Å². The summed E-state index contributed by atoms with van der Waals surface area (Å²) in [6.45, 7) is 7.19. The zero-order valence-electron chi connectivity index (χ0n) is 10.7. The Hall–Kier alpha value is -0.590. The first-order valence-electron chi connectivity index (χ1n) is 6.64. The maximum atomic E-state index is 11.6. The van der Waals surface area contributed by atoms with E-state index in [1.165, 1.54) is 18.4 Å². The molecule has 0 saturated heterocycles. The van der Waals surface area contributed by atoms with Gasteiger partial charge in [-0.1, -0.05) is 26.3 Å². The van der Waals surface area contributed by atoms with Crippen molar-refractivity contribution in [3.05, 3.63) is 11.6 Å². The fourth-order valence-electron chi connectivity index (χ4n) is 4.27. The van der Waals surface area contributed by atoms with Gasteiger partial charge in [-0.15, -0.1) is 0 Å². The molecule has 3 rings (SSSR count). The summed E-state index contributed by atoms with van der Waals surface area (Å²) in [5.41, 5.74) is 2.42. The van der Waals surface area contributed by atoms with Gasteiger partial charge in [-0.3, -0.25) is 4.79 Å². The molecule has 3 aliphatic carbocycles. The monoisotopic (exact) mass is 218 g/mol. The molecule has 0 aliphatic heterocycles.